The minimum Gasteiger partial charge on any atom is -0.492 e. The number of alkyl carbamates (subject to hydrolysis) is 1. The van der Waals surface area contributed by atoms with E-state index in [2.05, 4.69) is 15.5 Å². The summed E-state index contributed by atoms with van der Waals surface area (Å²) in [7, 11) is 0. The molecule has 1 aliphatic carbocycles. The number of nitrogens with one attached hydrogen (secondary N) is 2. The van der Waals surface area contributed by atoms with Crippen LogP contribution < -0.4 is 15.4 Å². The number of aliphatic hydroxyl groups excluding tert-OH is 2. The highest BCUT2D eigenvalue weighted by Crippen LogP contribution is 2.32. The first-order chi connectivity index (χ1) is 24.9. The van der Waals surface area contributed by atoms with Gasteiger partial charge in [-0.3, -0.25) is 9.69 Å². The van der Waals surface area contributed by atoms with Crippen molar-refractivity contribution in [2.45, 2.75) is 68.9 Å². The Kier molecular flexibility index (Phi) is 13.3. The molecule has 3 aromatic carbocycles. The van der Waals surface area contributed by atoms with Gasteiger partial charge in [-0.1, -0.05) is 66.7 Å². The highest BCUT2D eigenvalue weighted by atomic mass is 16.6. The lowest BCUT2D eigenvalue weighted by molar-refractivity contribution is -0.127. The zero-order valence-electron chi connectivity index (χ0n) is 29.2. The fourth-order valence-corrected chi connectivity index (χ4v) is 7.17. The van der Waals surface area contributed by atoms with Gasteiger partial charge >= 0.3 is 6.09 Å². The zero-order chi connectivity index (χ0) is 35.4. The topological polar surface area (TPSA) is 139 Å². The van der Waals surface area contributed by atoms with Gasteiger partial charge in [-0.25, -0.2) is 4.79 Å². The molecule has 2 amide bonds. The molecule has 11 nitrogen and oxygen atoms in total. The number of amides is 2. The summed E-state index contributed by atoms with van der Waals surface area (Å²) in [5.41, 5.74) is 3.73. The van der Waals surface area contributed by atoms with E-state index in [1.165, 1.54) is 0 Å². The Hall–Kier alpha value is -4.00. The molecule has 4 N–H and O–H groups in total. The van der Waals surface area contributed by atoms with Crippen LogP contribution in [0.3, 0.4) is 0 Å². The molecule has 0 spiro atoms. The average molecular weight is 702 g/mol. The van der Waals surface area contributed by atoms with Crippen LogP contribution in [0.4, 0.5) is 4.79 Å². The SMILES string of the molecule is O=C(N[C@@H](Cc1ccccc1)[C@@H](O)C[C@@H](Cc1ccc(OCCN2CCOCC2)cc1)C(=O)N[C@H]1c2ccccc2C[C@H]1O)O[C@@H]1CCCOC1. The van der Waals surface area contributed by atoms with Crippen LogP contribution in [0.15, 0.2) is 78.9 Å². The maximum absolute atomic E-state index is 14.1. The lowest BCUT2D eigenvalue weighted by atomic mass is 9.88. The summed E-state index contributed by atoms with van der Waals surface area (Å²) >= 11 is 0. The quantitative estimate of drug-likeness (QED) is 0.187. The van der Waals surface area contributed by atoms with Crippen LogP contribution in [0.1, 0.15) is 47.6 Å². The molecule has 274 valence electrons. The second kappa shape index (κ2) is 18.5. The first kappa shape index (κ1) is 36.8. The summed E-state index contributed by atoms with van der Waals surface area (Å²) < 4.78 is 22.6. The molecule has 2 aliphatic heterocycles. The van der Waals surface area contributed by atoms with Crippen molar-refractivity contribution in [3.63, 3.8) is 0 Å². The summed E-state index contributed by atoms with van der Waals surface area (Å²) in [5.74, 6) is -0.204. The van der Waals surface area contributed by atoms with Crippen molar-refractivity contribution >= 4 is 12.0 Å². The van der Waals surface area contributed by atoms with Crippen molar-refractivity contribution in [3.8, 4) is 5.75 Å². The molecule has 0 radical (unpaired) electrons. The molecule has 2 heterocycles. The van der Waals surface area contributed by atoms with Crippen LogP contribution in [0.25, 0.3) is 0 Å². The van der Waals surface area contributed by atoms with Crippen molar-refractivity contribution in [2.24, 2.45) is 5.92 Å². The fourth-order valence-electron chi connectivity index (χ4n) is 7.17. The van der Waals surface area contributed by atoms with Gasteiger partial charge in [-0.05, 0) is 66.5 Å². The largest absolute Gasteiger partial charge is 0.492 e. The molecular weight excluding hydrogens is 650 g/mol. The molecule has 0 bridgehead atoms. The fraction of sp³-hybridized carbons (Fsp3) is 0.500. The number of carbonyl (C=O) groups excluding carboxylic acids is 2. The number of nitrogens with zero attached hydrogens (tertiary/aromatic N) is 1. The van der Waals surface area contributed by atoms with E-state index in [1.54, 1.807) is 0 Å². The highest BCUT2D eigenvalue weighted by molar-refractivity contribution is 5.80. The van der Waals surface area contributed by atoms with Gasteiger partial charge in [-0.15, -0.1) is 0 Å². The maximum atomic E-state index is 14.1. The van der Waals surface area contributed by atoms with E-state index in [0.717, 1.165) is 73.7 Å². The summed E-state index contributed by atoms with van der Waals surface area (Å²) in [4.78, 5) is 29.5. The Balaban J connectivity index is 1.15. The molecule has 0 aromatic heterocycles. The van der Waals surface area contributed by atoms with Crippen LogP contribution in [-0.4, -0.2) is 104 Å². The number of ether oxygens (including phenoxy) is 4. The average Bonchev–Trinajstić information content (AvgIpc) is 3.47. The number of fused-ring (bicyclic) bond motifs is 1. The van der Waals surface area contributed by atoms with Crippen LogP contribution in [-0.2, 0) is 38.3 Å². The van der Waals surface area contributed by atoms with Gasteiger partial charge in [0.15, 0.2) is 0 Å². The Labute approximate surface area is 300 Å². The predicted molar refractivity (Wildman–Crippen MR) is 191 cm³/mol. The van der Waals surface area contributed by atoms with Crippen molar-refractivity contribution in [3.05, 3.63) is 101 Å². The molecule has 51 heavy (non-hydrogen) atoms. The van der Waals surface area contributed by atoms with Crippen molar-refractivity contribution in [1.29, 1.82) is 0 Å². The number of hydrogen-bond donors (Lipinski definition) is 4. The second-order valence-electron chi connectivity index (χ2n) is 13.8. The molecule has 0 unspecified atom stereocenters. The minimum absolute atomic E-state index is 0.0679. The molecule has 6 rings (SSSR count). The summed E-state index contributed by atoms with van der Waals surface area (Å²) in [6, 6.07) is 23.8. The molecule has 2 fully saturated rings. The van der Waals surface area contributed by atoms with Crippen molar-refractivity contribution in [2.75, 3.05) is 52.7 Å². The lowest BCUT2D eigenvalue weighted by Gasteiger charge is -2.29. The Bertz CT molecular complexity index is 1530. The molecular formula is C40H51N3O8. The second-order valence-corrected chi connectivity index (χ2v) is 13.8. The van der Waals surface area contributed by atoms with Crippen molar-refractivity contribution < 1.29 is 38.7 Å². The van der Waals surface area contributed by atoms with Gasteiger partial charge in [0.1, 0.15) is 18.5 Å². The van der Waals surface area contributed by atoms with Crippen LogP contribution >= 0.6 is 0 Å². The Morgan fingerprint density at radius 3 is 2.41 bits per heavy atom. The van der Waals surface area contributed by atoms with E-state index in [4.69, 9.17) is 18.9 Å². The highest BCUT2D eigenvalue weighted by Gasteiger charge is 2.35. The van der Waals surface area contributed by atoms with Gasteiger partial charge in [0.05, 0.1) is 44.1 Å². The first-order valence-electron chi connectivity index (χ1n) is 18.3. The van der Waals surface area contributed by atoms with Crippen LogP contribution in [0, 0.1) is 5.92 Å². The van der Waals surface area contributed by atoms with Crippen molar-refractivity contribution in [1.82, 2.24) is 15.5 Å². The maximum Gasteiger partial charge on any atom is 0.407 e. The third kappa shape index (κ3) is 10.8. The molecule has 3 aromatic rings. The van der Waals surface area contributed by atoms with E-state index in [9.17, 15) is 19.8 Å². The van der Waals surface area contributed by atoms with Gasteiger partial charge in [0.25, 0.3) is 0 Å². The standard InChI is InChI=1S/C40H51N3O8/c44-36(35(24-28-7-2-1-3-8-28)41-40(47)51-33-10-6-19-49-27-33)26-31(39(46)42-38-34-11-5-4-9-30(34)25-37(38)45)23-29-12-14-32(15-13-29)50-22-18-43-16-20-48-21-17-43/h1-5,7-9,11-15,31,33,35-38,44-45H,6,10,16-27H2,(H,41,47)(H,42,46)/t31-,33-,35+,36+,37-,38+/m1/s1. The van der Waals surface area contributed by atoms with E-state index >= 15 is 0 Å². The number of carbonyl (C=O) groups is 2. The van der Waals surface area contributed by atoms with E-state index in [1.807, 2.05) is 78.9 Å². The van der Waals surface area contributed by atoms with E-state index in [-0.39, 0.29) is 18.4 Å². The smallest absolute Gasteiger partial charge is 0.407 e. The number of hydrogen-bond acceptors (Lipinski definition) is 9. The predicted octanol–water partition coefficient (Wildman–Crippen LogP) is 3.60. The Morgan fingerprint density at radius 1 is 0.902 bits per heavy atom. The first-order valence-corrected chi connectivity index (χ1v) is 18.3. The Morgan fingerprint density at radius 2 is 1.65 bits per heavy atom. The zero-order valence-corrected chi connectivity index (χ0v) is 29.2. The number of morpholine rings is 1. The molecule has 6 atom stereocenters. The normalized spacial score (nSPS) is 22.3. The van der Waals surface area contributed by atoms with Crippen LogP contribution in [0.5, 0.6) is 5.75 Å². The van der Waals surface area contributed by atoms with E-state index in [0.29, 0.717) is 39.1 Å². The third-order valence-electron chi connectivity index (χ3n) is 10.0. The summed E-state index contributed by atoms with van der Waals surface area (Å²) in [5, 5.41) is 28.7. The number of aliphatic hydroxyl groups is 2. The molecule has 0 saturated carbocycles. The third-order valence-corrected chi connectivity index (χ3v) is 10.0. The molecule has 2 saturated heterocycles. The van der Waals surface area contributed by atoms with Crippen LogP contribution in [0.2, 0.25) is 0 Å². The molecule has 3 aliphatic rings. The number of rotatable bonds is 15. The number of benzene rings is 3. The van der Waals surface area contributed by atoms with Gasteiger partial charge in [0.2, 0.25) is 5.91 Å². The summed E-state index contributed by atoms with van der Waals surface area (Å²) in [6.07, 6.45) is -0.0723. The monoisotopic (exact) mass is 701 g/mol. The minimum atomic E-state index is -1.08. The summed E-state index contributed by atoms with van der Waals surface area (Å²) in [6.45, 7) is 5.67. The van der Waals surface area contributed by atoms with Gasteiger partial charge in [0, 0.05) is 38.6 Å². The van der Waals surface area contributed by atoms with E-state index < -0.39 is 36.3 Å². The van der Waals surface area contributed by atoms with Gasteiger partial charge < -0.3 is 39.8 Å². The molecule has 11 heteroatoms. The van der Waals surface area contributed by atoms with Gasteiger partial charge in [-0.2, -0.15) is 0 Å². The lowest BCUT2D eigenvalue weighted by Crippen LogP contribution is -2.48.